The molecule has 0 amide bonds. The van der Waals surface area contributed by atoms with Crippen molar-refractivity contribution in [2.24, 2.45) is 0 Å². The van der Waals surface area contributed by atoms with Crippen LogP contribution in [0.4, 0.5) is 4.39 Å². The van der Waals surface area contributed by atoms with E-state index < -0.39 is 0 Å². The third-order valence-corrected chi connectivity index (χ3v) is 3.28. The molecular weight excluding hydrogens is 227 g/mol. The summed E-state index contributed by atoms with van der Waals surface area (Å²) in [5, 5.41) is 9.10. The first-order valence-corrected chi connectivity index (χ1v) is 5.82. The fourth-order valence-electron chi connectivity index (χ4n) is 1.36. The molecule has 0 fully saturated rings. The fraction of sp³-hybridized carbons (Fsp3) is 0.167. The second-order valence-corrected chi connectivity index (χ2v) is 4.30. The van der Waals surface area contributed by atoms with Crippen LogP contribution in [-0.4, -0.2) is 5.11 Å². The van der Waals surface area contributed by atoms with Gasteiger partial charge in [0.25, 0.3) is 0 Å². The molecule has 1 aromatic carbocycles. The molecular formula is C12H11FO2S. The molecule has 0 spiro atoms. The third kappa shape index (κ3) is 2.65. The minimum Gasteiger partial charge on any atom is -0.468 e. The summed E-state index contributed by atoms with van der Waals surface area (Å²) in [6, 6.07) is 8.13. The van der Waals surface area contributed by atoms with Gasteiger partial charge in [-0.15, -0.1) is 11.8 Å². The van der Waals surface area contributed by atoms with Crippen LogP contribution in [0.3, 0.4) is 0 Å². The molecule has 2 rings (SSSR count). The number of hydrogen-bond acceptors (Lipinski definition) is 3. The lowest BCUT2D eigenvalue weighted by molar-refractivity contribution is 0.278. The zero-order chi connectivity index (χ0) is 11.4. The number of aliphatic hydroxyl groups excluding tert-OH is 1. The Labute approximate surface area is 97.1 Å². The summed E-state index contributed by atoms with van der Waals surface area (Å²) < 4.78 is 18.1. The average Bonchev–Trinajstić information content (AvgIpc) is 2.80. The Bertz CT molecular complexity index is 454. The van der Waals surface area contributed by atoms with Crippen molar-refractivity contribution in [2.75, 3.05) is 0 Å². The first-order valence-electron chi connectivity index (χ1n) is 4.84. The zero-order valence-electron chi connectivity index (χ0n) is 8.52. The topological polar surface area (TPSA) is 33.4 Å². The van der Waals surface area contributed by atoms with Gasteiger partial charge in [0.1, 0.15) is 11.6 Å². The van der Waals surface area contributed by atoms with E-state index >= 15 is 0 Å². The maximum absolute atomic E-state index is 12.9. The summed E-state index contributed by atoms with van der Waals surface area (Å²) >= 11 is 1.52. The van der Waals surface area contributed by atoms with Crippen LogP contribution in [0.1, 0.15) is 11.3 Å². The molecule has 0 saturated heterocycles. The van der Waals surface area contributed by atoms with Crippen LogP contribution in [-0.2, 0) is 12.4 Å². The van der Waals surface area contributed by atoms with Gasteiger partial charge in [-0.1, -0.05) is 0 Å². The molecule has 0 aliphatic carbocycles. The molecule has 4 heteroatoms. The van der Waals surface area contributed by atoms with Gasteiger partial charge < -0.3 is 9.52 Å². The van der Waals surface area contributed by atoms with E-state index in [1.54, 1.807) is 12.3 Å². The Hall–Kier alpha value is -1.26. The van der Waals surface area contributed by atoms with Gasteiger partial charge in [-0.25, -0.2) is 4.39 Å². The number of thioether (sulfide) groups is 1. The lowest BCUT2D eigenvalue weighted by atomic mass is 10.2. The van der Waals surface area contributed by atoms with E-state index in [2.05, 4.69) is 0 Å². The summed E-state index contributed by atoms with van der Waals surface area (Å²) in [7, 11) is 0. The minimum atomic E-state index is -0.327. The highest BCUT2D eigenvalue weighted by atomic mass is 32.2. The number of halogens is 1. The smallest absolute Gasteiger partial charge is 0.123 e. The second kappa shape index (κ2) is 5.18. The zero-order valence-corrected chi connectivity index (χ0v) is 9.34. The first kappa shape index (κ1) is 11.2. The maximum Gasteiger partial charge on any atom is 0.123 e. The molecule has 0 aliphatic rings. The number of aliphatic hydroxyl groups is 1. The standard InChI is InChI=1S/C12H11FO2S/c13-10-3-4-12(9(6-10)7-14)16-8-11-2-1-5-15-11/h1-6,14H,7-8H2. The molecule has 16 heavy (non-hydrogen) atoms. The van der Waals surface area contributed by atoms with Gasteiger partial charge in [0.15, 0.2) is 0 Å². The molecule has 0 radical (unpaired) electrons. The van der Waals surface area contributed by atoms with Gasteiger partial charge in [-0.05, 0) is 35.9 Å². The van der Waals surface area contributed by atoms with Crippen LogP contribution >= 0.6 is 11.8 Å². The minimum absolute atomic E-state index is 0.155. The van der Waals surface area contributed by atoms with Gasteiger partial charge in [-0.3, -0.25) is 0 Å². The lowest BCUT2D eigenvalue weighted by Gasteiger charge is -2.05. The van der Waals surface area contributed by atoms with Crippen LogP contribution in [0.2, 0.25) is 0 Å². The summed E-state index contributed by atoms with van der Waals surface area (Å²) in [4.78, 5) is 0.875. The summed E-state index contributed by atoms with van der Waals surface area (Å²) in [6.07, 6.45) is 1.62. The van der Waals surface area contributed by atoms with E-state index in [1.807, 2.05) is 12.1 Å². The average molecular weight is 238 g/mol. The maximum atomic E-state index is 12.9. The largest absolute Gasteiger partial charge is 0.468 e. The summed E-state index contributed by atoms with van der Waals surface area (Å²) in [5.41, 5.74) is 0.608. The highest BCUT2D eigenvalue weighted by molar-refractivity contribution is 7.98. The van der Waals surface area contributed by atoms with Crippen molar-refractivity contribution < 1.29 is 13.9 Å². The summed E-state index contributed by atoms with van der Waals surface area (Å²) in [5.74, 6) is 1.20. The Morgan fingerprint density at radius 1 is 1.31 bits per heavy atom. The fourth-order valence-corrected chi connectivity index (χ4v) is 2.29. The van der Waals surface area contributed by atoms with E-state index in [-0.39, 0.29) is 12.4 Å². The SMILES string of the molecule is OCc1cc(F)ccc1SCc1ccco1. The van der Waals surface area contributed by atoms with Crippen molar-refractivity contribution in [2.45, 2.75) is 17.3 Å². The highest BCUT2D eigenvalue weighted by Crippen LogP contribution is 2.27. The van der Waals surface area contributed by atoms with Crippen LogP contribution in [0.15, 0.2) is 45.9 Å². The molecule has 2 nitrogen and oxygen atoms in total. The van der Waals surface area contributed by atoms with Crippen molar-refractivity contribution in [1.82, 2.24) is 0 Å². The van der Waals surface area contributed by atoms with Crippen LogP contribution < -0.4 is 0 Å². The molecule has 84 valence electrons. The third-order valence-electron chi connectivity index (χ3n) is 2.14. The molecule has 2 aromatic rings. The number of furan rings is 1. The molecule has 1 N–H and O–H groups in total. The molecule has 1 heterocycles. The lowest BCUT2D eigenvalue weighted by Crippen LogP contribution is -1.89. The predicted octanol–water partition coefficient (Wildman–Crippen LogP) is 3.20. The van der Waals surface area contributed by atoms with Crippen molar-refractivity contribution in [3.05, 3.63) is 53.7 Å². The van der Waals surface area contributed by atoms with E-state index in [0.717, 1.165) is 10.7 Å². The van der Waals surface area contributed by atoms with Gasteiger partial charge in [0, 0.05) is 4.90 Å². The van der Waals surface area contributed by atoms with E-state index in [1.165, 1.54) is 23.9 Å². The molecule has 1 aromatic heterocycles. The van der Waals surface area contributed by atoms with Crippen molar-refractivity contribution in [3.63, 3.8) is 0 Å². The Balaban J connectivity index is 2.09. The molecule has 0 bridgehead atoms. The van der Waals surface area contributed by atoms with Crippen LogP contribution in [0.25, 0.3) is 0 Å². The molecule has 0 atom stereocenters. The Morgan fingerprint density at radius 3 is 2.88 bits per heavy atom. The van der Waals surface area contributed by atoms with E-state index in [9.17, 15) is 4.39 Å². The first-order chi connectivity index (χ1) is 7.79. The predicted molar refractivity (Wildman–Crippen MR) is 60.6 cm³/mol. The molecule has 0 saturated carbocycles. The Kier molecular flexibility index (Phi) is 3.64. The van der Waals surface area contributed by atoms with Crippen LogP contribution in [0.5, 0.6) is 0 Å². The van der Waals surface area contributed by atoms with Crippen LogP contribution in [0, 0.1) is 5.82 Å². The van der Waals surface area contributed by atoms with Gasteiger partial charge >= 0.3 is 0 Å². The number of benzene rings is 1. The second-order valence-electron chi connectivity index (χ2n) is 3.28. The van der Waals surface area contributed by atoms with Gasteiger partial charge in [0.05, 0.1) is 18.6 Å². The van der Waals surface area contributed by atoms with Crippen molar-refractivity contribution >= 4 is 11.8 Å². The molecule has 0 aliphatic heterocycles. The van der Waals surface area contributed by atoms with E-state index in [0.29, 0.717) is 11.3 Å². The Morgan fingerprint density at radius 2 is 2.19 bits per heavy atom. The number of hydrogen-bond donors (Lipinski definition) is 1. The normalized spacial score (nSPS) is 10.6. The van der Waals surface area contributed by atoms with E-state index in [4.69, 9.17) is 9.52 Å². The quantitative estimate of drug-likeness (QED) is 0.830. The monoisotopic (exact) mass is 238 g/mol. The van der Waals surface area contributed by atoms with Crippen molar-refractivity contribution in [1.29, 1.82) is 0 Å². The summed E-state index contributed by atoms with van der Waals surface area (Å²) in [6.45, 7) is -0.155. The van der Waals surface area contributed by atoms with Crippen molar-refractivity contribution in [3.8, 4) is 0 Å². The molecule has 0 unspecified atom stereocenters. The number of rotatable bonds is 4. The highest BCUT2D eigenvalue weighted by Gasteiger charge is 2.05. The van der Waals surface area contributed by atoms with Gasteiger partial charge in [-0.2, -0.15) is 0 Å². The van der Waals surface area contributed by atoms with Gasteiger partial charge in [0.2, 0.25) is 0 Å².